The molecule has 1 aromatic heterocycles. The van der Waals surface area contributed by atoms with E-state index >= 15 is 0 Å². The maximum atomic E-state index is 13.9. The molecule has 0 unspecified atom stereocenters. The number of hydrogen-bond donors (Lipinski definition) is 2. The summed E-state index contributed by atoms with van der Waals surface area (Å²) in [6.45, 7) is 1.78. The van der Waals surface area contributed by atoms with Gasteiger partial charge in [0.15, 0.2) is 11.7 Å². The third kappa shape index (κ3) is 5.33. The van der Waals surface area contributed by atoms with Crippen molar-refractivity contribution in [3.8, 4) is 11.3 Å². The first-order valence-corrected chi connectivity index (χ1v) is 10.5. The van der Waals surface area contributed by atoms with Crippen molar-refractivity contribution < 1.29 is 18.4 Å². The summed E-state index contributed by atoms with van der Waals surface area (Å²) in [5.41, 5.74) is 2.70. The Morgan fingerprint density at radius 1 is 0.939 bits per heavy atom. The fourth-order valence-electron chi connectivity index (χ4n) is 3.38. The van der Waals surface area contributed by atoms with Gasteiger partial charge in [-0.25, -0.2) is 9.37 Å². The van der Waals surface area contributed by atoms with E-state index in [2.05, 4.69) is 15.6 Å². The van der Waals surface area contributed by atoms with Crippen molar-refractivity contribution in [3.63, 3.8) is 0 Å². The third-order valence-electron chi connectivity index (χ3n) is 5.14. The molecule has 0 radical (unpaired) electrons. The maximum Gasteiger partial charge on any atom is 0.256 e. The van der Waals surface area contributed by atoms with E-state index in [1.807, 2.05) is 18.2 Å². The second kappa shape index (κ2) is 9.91. The Hall–Kier alpha value is -4.26. The van der Waals surface area contributed by atoms with Crippen LogP contribution in [0.25, 0.3) is 11.3 Å². The quantitative estimate of drug-likeness (QED) is 0.389. The predicted molar refractivity (Wildman–Crippen MR) is 124 cm³/mol. The van der Waals surface area contributed by atoms with Crippen molar-refractivity contribution in [3.05, 3.63) is 102 Å². The van der Waals surface area contributed by atoms with Crippen LogP contribution in [0.2, 0.25) is 0 Å². The SMILES string of the molecule is Cc1c(NC(=O)CCc2ncc(-c3ccccc3F)o2)cccc1C(=O)Nc1ccccc1. The second-order valence-corrected chi connectivity index (χ2v) is 7.44. The van der Waals surface area contributed by atoms with Crippen LogP contribution in [0.1, 0.15) is 28.2 Å². The first kappa shape index (κ1) is 22.0. The molecule has 0 spiro atoms. The van der Waals surface area contributed by atoms with Gasteiger partial charge in [-0.15, -0.1) is 0 Å². The first-order chi connectivity index (χ1) is 16.0. The number of hydrogen-bond acceptors (Lipinski definition) is 4. The lowest BCUT2D eigenvalue weighted by Gasteiger charge is -2.12. The average Bonchev–Trinajstić information content (AvgIpc) is 3.29. The Bertz CT molecular complexity index is 1280. The largest absolute Gasteiger partial charge is 0.441 e. The van der Waals surface area contributed by atoms with Gasteiger partial charge in [-0.05, 0) is 48.9 Å². The highest BCUT2D eigenvalue weighted by Crippen LogP contribution is 2.24. The molecule has 2 amide bonds. The average molecular weight is 443 g/mol. The number of carbonyl (C=O) groups is 2. The fourth-order valence-corrected chi connectivity index (χ4v) is 3.38. The number of nitrogens with zero attached hydrogens (tertiary/aromatic N) is 1. The van der Waals surface area contributed by atoms with Gasteiger partial charge in [0.1, 0.15) is 5.82 Å². The summed E-state index contributed by atoms with van der Waals surface area (Å²) < 4.78 is 19.5. The number of oxazole rings is 1. The predicted octanol–water partition coefficient (Wildman–Crippen LogP) is 5.61. The Labute approximate surface area is 190 Å². The lowest BCUT2D eigenvalue weighted by atomic mass is 10.1. The van der Waals surface area contributed by atoms with Gasteiger partial charge in [-0.3, -0.25) is 9.59 Å². The molecule has 0 fully saturated rings. The Kier molecular flexibility index (Phi) is 6.59. The number of benzene rings is 3. The van der Waals surface area contributed by atoms with Crippen molar-refractivity contribution in [2.75, 3.05) is 10.6 Å². The molecule has 3 aromatic carbocycles. The number of rotatable bonds is 7. The van der Waals surface area contributed by atoms with Crippen LogP contribution < -0.4 is 10.6 Å². The highest BCUT2D eigenvalue weighted by molar-refractivity contribution is 6.06. The van der Waals surface area contributed by atoms with E-state index < -0.39 is 5.82 Å². The summed E-state index contributed by atoms with van der Waals surface area (Å²) in [6, 6.07) is 20.6. The molecule has 0 aliphatic heterocycles. The molecule has 1 heterocycles. The minimum atomic E-state index is -0.399. The molecular formula is C26H22FN3O3. The van der Waals surface area contributed by atoms with Crippen LogP contribution in [0, 0.1) is 12.7 Å². The summed E-state index contributed by atoms with van der Waals surface area (Å²) in [4.78, 5) is 29.3. The van der Waals surface area contributed by atoms with Crippen molar-refractivity contribution in [2.24, 2.45) is 0 Å². The first-order valence-electron chi connectivity index (χ1n) is 10.5. The molecular weight excluding hydrogens is 421 g/mol. The van der Waals surface area contributed by atoms with Crippen molar-refractivity contribution >= 4 is 23.2 Å². The van der Waals surface area contributed by atoms with Crippen molar-refractivity contribution in [2.45, 2.75) is 19.8 Å². The van der Waals surface area contributed by atoms with Gasteiger partial charge < -0.3 is 15.1 Å². The van der Waals surface area contributed by atoms with Gasteiger partial charge in [-0.2, -0.15) is 0 Å². The van der Waals surface area contributed by atoms with Gasteiger partial charge >= 0.3 is 0 Å². The smallest absolute Gasteiger partial charge is 0.256 e. The minimum absolute atomic E-state index is 0.122. The molecule has 0 atom stereocenters. The topological polar surface area (TPSA) is 84.2 Å². The molecule has 7 heteroatoms. The summed E-state index contributed by atoms with van der Waals surface area (Å²) in [6.07, 6.45) is 1.83. The number of para-hydroxylation sites is 1. The van der Waals surface area contributed by atoms with Crippen LogP contribution in [-0.4, -0.2) is 16.8 Å². The third-order valence-corrected chi connectivity index (χ3v) is 5.14. The van der Waals surface area contributed by atoms with E-state index in [9.17, 15) is 14.0 Å². The zero-order valence-corrected chi connectivity index (χ0v) is 18.0. The normalized spacial score (nSPS) is 10.6. The molecule has 0 aliphatic rings. The number of anilines is 2. The van der Waals surface area contributed by atoms with E-state index in [-0.39, 0.29) is 24.7 Å². The Morgan fingerprint density at radius 3 is 2.48 bits per heavy atom. The molecule has 4 rings (SSSR count). The van der Waals surface area contributed by atoms with Gasteiger partial charge in [-0.1, -0.05) is 36.4 Å². The molecule has 6 nitrogen and oxygen atoms in total. The van der Waals surface area contributed by atoms with Gasteiger partial charge in [0.05, 0.1) is 11.8 Å². The van der Waals surface area contributed by atoms with Gasteiger partial charge in [0, 0.05) is 29.8 Å². The number of aromatic nitrogens is 1. The van der Waals surface area contributed by atoms with Crippen LogP contribution >= 0.6 is 0 Å². The summed E-state index contributed by atoms with van der Waals surface area (Å²) >= 11 is 0. The van der Waals surface area contributed by atoms with E-state index in [0.717, 1.165) is 0 Å². The van der Waals surface area contributed by atoms with Gasteiger partial charge in [0.2, 0.25) is 5.91 Å². The minimum Gasteiger partial charge on any atom is -0.441 e. The lowest BCUT2D eigenvalue weighted by Crippen LogP contribution is -2.17. The zero-order valence-electron chi connectivity index (χ0n) is 18.0. The molecule has 4 aromatic rings. The maximum absolute atomic E-state index is 13.9. The molecule has 33 heavy (non-hydrogen) atoms. The Balaban J connectivity index is 1.38. The number of nitrogens with one attached hydrogen (secondary N) is 2. The van der Waals surface area contributed by atoms with Crippen LogP contribution in [0.5, 0.6) is 0 Å². The Morgan fingerprint density at radius 2 is 1.70 bits per heavy atom. The molecule has 166 valence electrons. The van der Waals surface area contributed by atoms with Crippen molar-refractivity contribution in [1.29, 1.82) is 0 Å². The van der Waals surface area contributed by atoms with Crippen LogP contribution in [0.15, 0.2) is 83.4 Å². The number of halogens is 1. The number of aryl methyl sites for hydroxylation is 1. The molecule has 0 aliphatic carbocycles. The molecule has 0 saturated carbocycles. The number of carbonyl (C=O) groups excluding carboxylic acids is 2. The summed E-state index contributed by atoms with van der Waals surface area (Å²) in [7, 11) is 0. The van der Waals surface area contributed by atoms with Crippen LogP contribution in [-0.2, 0) is 11.2 Å². The summed E-state index contributed by atoms with van der Waals surface area (Å²) in [5, 5.41) is 5.69. The molecule has 0 saturated heterocycles. The van der Waals surface area contributed by atoms with E-state index in [4.69, 9.17) is 4.42 Å². The lowest BCUT2D eigenvalue weighted by molar-refractivity contribution is -0.116. The molecule has 0 bridgehead atoms. The standard InChI is InChI=1S/C26H22FN3O3/c1-17-19(26(32)29-18-8-3-2-4-9-18)11-7-13-22(17)30-24(31)14-15-25-28-16-23(33-25)20-10-5-6-12-21(20)27/h2-13,16H,14-15H2,1H3,(H,29,32)(H,30,31). The highest BCUT2D eigenvalue weighted by atomic mass is 19.1. The van der Waals surface area contributed by atoms with Crippen LogP contribution in [0.3, 0.4) is 0 Å². The van der Waals surface area contributed by atoms with E-state index in [0.29, 0.717) is 39.7 Å². The van der Waals surface area contributed by atoms with Gasteiger partial charge in [0.25, 0.3) is 5.91 Å². The monoisotopic (exact) mass is 443 g/mol. The van der Waals surface area contributed by atoms with E-state index in [1.165, 1.54) is 12.3 Å². The molecule has 2 N–H and O–H groups in total. The number of amides is 2. The highest BCUT2D eigenvalue weighted by Gasteiger charge is 2.15. The van der Waals surface area contributed by atoms with E-state index in [1.54, 1.807) is 55.5 Å². The summed E-state index contributed by atoms with van der Waals surface area (Å²) in [5.74, 6) is -0.239. The van der Waals surface area contributed by atoms with Crippen molar-refractivity contribution in [1.82, 2.24) is 4.98 Å². The fraction of sp³-hybridized carbons (Fsp3) is 0.115. The van der Waals surface area contributed by atoms with Crippen LogP contribution in [0.4, 0.5) is 15.8 Å². The second-order valence-electron chi connectivity index (χ2n) is 7.44. The zero-order chi connectivity index (χ0) is 23.2.